The third-order valence-electron chi connectivity index (χ3n) is 3.79. The summed E-state index contributed by atoms with van der Waals surface area (Å²) in [6, 6.07) is 0. The van der Waals surface area contributed by atoms with Gasteiger partial charge >= 0.3 is 0 Å². The lowest BCUT2D eigenvalue weighted by atomic mass is 9.81. The molecule has 1 unspecified atom stereocenters. The Bertz CT molecular complexity index is 187. The van der Waals surface area contributed by atoms with Crippen LogP contribution < -0.4 is 5.32 Å². The van der Waals surface area contributed by atoms with Gasteiger partial charge in [-0.25, -0.2) is 0 Å². The average molecular weight is 197 g/mol. The molecule has 1 N–H and O–H groups in total. The Labute approximate surface area is 87.4 Å². The number of piperidine rings is 1. The summed E-state index contributed by atoms with van der Waals surface area (Å²) < 4.78 is 6.06. The van der Waals surface area contributed by atoms with E-state index in [1.165, 1.54) is 25.7 Å². The predicted molar refractivity (Wildman–Crippen MR) is 58.3 cm³/mol. The molecular weight excluding hydrogens is 174 g/mol. The molecule has 0 aromatic rings. The highest BCUT2D eigenvalue weighted by Crippen LogP contribution is 2.31. The predicted octanol–water partition coefficient (Wildman–Crippen LogP) is 2.19. The Kier molecular flexibility index (Phi) is 3.13. The number of hydrogen-bond acceptors (Lipinski definition) is 2. The SMILES string of the molecule is CC1(C)CNCCC1OCC1CCC1. The Morgan fingerprint density at radius 1 is 1.29 bits per heavy atom. The average Bonchev–Trinajstić information content (AvgIpc) is 2.04. The minimum absolute atomic E-state index is 0.321. The van der Waals surface area contributed by atoms with E-state index in [2.05, 4.69) is 19.2 Å². The summed E-state index contributed by atoms with van der Waals surface area (Å²) in [4.78, 5) is 0. The zero-order chi connectivity index (χ0) is 10.0. The fraction of sp³-hybridized carbons (Fsp3) is 1.00. The Balaban J connectivity index is 1.76. The second kappa shape index (κ2) is 4.19. The van der Waals surface area contributed by atoms with Crippen LogP contribution in [-0.4, -0.2) is 25.8 Å². The van der Waals surface area contributed by atoms with Crippen LogP contribution in [0.25, 0.3) is 0 Å². The van der Waals surface area contributed by atoms with Gasteiger partial charge < -0.3 is 10.1 Å². The normalized spacial score (nSPS) is 32.6. The first-order chi connectivity index (χ1) is 6.68. The third kappa shape index (κ3) is 2.29. The van der Waals surface area contributed by atoms with Crippen LogP contribution in [0.3, 0.4) is 0 Å². The van der Waals surface area contributed by atoms with Crippen molar-refractivity contribution in [3.8, 4) is 0 Å². The van der Waals surface area contributed by atoms with Crippen LogP contribution in [0.1, 0.15) is 39.5 Å². The lowest BCUT2D eigenvalue weighted by molar-refractivity contribution is -0.0647. The van der Waals surface area contributed by atoms with E-state index in [-0.39, 0.29) is 0 Å². The van der Waals surface area contributed by atoms with Crippen molar-refractivity contribution in [2.75, 3.05) is 19.7 Å². The van der Waals surface area contributed by atoms with Gasteiger partial charge in [0.15, 0.2) is 0 Å². The van der Waals surface area contributed by atoms with Crippen molar-refractivity contribution in [3.05, 3.63) is 0 Å². The van der Waals surface area contributed by atoms with Crippen LogP contribution in [0.4, 0.5) is 0 Å². The van der Waals surface area contributed by atoms with E-state index in [0.717, 1.165) is 25.6 Å². The highest BCUT2D eigenvalue weighted by molar-refractivity contribution is 4.86. The molecule has 0 aromatic heterocycles. The highest BCUT2D eigenvalue weighted by Gasteiger charge is 2.33. The monoisotopic (exact) mass is 197 g/mol. The van der Waals surface area contributed by atoms with Gasteiger partial charge in [-0.15, -0.1) is 0 Å². The summed E-state index contributed by atoms with van der Waals surface area (Å²) >= 11 is 0. The minimum atomic E-state index is 0.321. The Morgan fingerprint density at radius 3 is 2.64 bits per heavy atom. The van der Waals surface area contributed by atoms with Crippen molar-refractivity contribution < 1.29 is 4.74 Å². The maximum atomic E-state index is 6.06. The molecule has 0 aromatic carbocycles. The molecule has 1 aliphatic carbocycles. The van der Waals surface area contributed by atoms with Gasteiger partial charge in [-0.1, -0.05) is 20.3 Å². The maximum absolute atomic E-state index is 6.06. The van der Waals surface area contributed by atoms with Crippen molar-refractivity contribution in [2.24, 2.45) is 11.3 Å². The second-order valence-corrected chi connectivity index (χ2v) is 5.57. The molecule has 1 saturated heterocycles. The van der Waals surface area contributed by atoms with E-state index >= 15 is 0 Å². The minimum Gasteiger partial charge on any atom is -0.377 e. The molecule has 1 heterocycles. The molecule has 2 fully saturated rings. The molecule has 0 radical (unpaired) electrons. The first-order valence-corrected chi connectivity index (χ1v) is 6.01. The maximum Gasteiger partial charge on any atom is 0.0650 e. The van der Waals surface area contributed by atoms with Crippen LogP contribution >= 0.6 is 0 Å². The van der Waals surface area contributed by atoms with E-state index < -0.39 is 0 Å². The van der Waals surface area contributed by atoms with E-state index in [1.807, 2.05) is 0 Å². The van der Waals surface area contributed by atoms with Crippen LogP contribution in [0.2, 0.25) is 0 Å². The summed E-state index contributed by atoms with van der Waals surface area (Å²) in [5.41, 5.74) is 0.321. The first kappa shape index (κ1) is 10.4. The van der Waals surface area contributed by atoms with E-state index in [1.54, 1.807) is 0 Å². The number of hydrogen-bond donors (Lipinski definition) is 1. The zero-order valence-corrected chi connectivity index (χ0v) is 9.51. The smallest absolute Gasteiger partial charge is 0.0650 e. The lowest BCUT2D eigenvalue weighted by Gasteiger charge is -2.40. The Hall–Kier alpha value is -0.0800. The van der Waals surface area contributed by atoms with Gasteiger partial charge in [0.2, 0.25) is 0 Å². The van der Waals surface area contributed by atoms with Gasteiger partial charge in [0.25, 0.3) is 0 Å². The molecule has 14 heavy (non-hydrogen) atoms. The van der Waals surface area contributed by atoms with Crippen molar-refractivity contribution in [1.29, 1.82) is 0 Å². The molecule has 1 saturated carbocycles. The highest BCUT2D eigenvalue weighted by atomic mass is 16.5. The summed E-state index contributed by atoms with van der Waals surface area (Å²) in [5.74, 6) is 0.876. The largest absolute Gasteiger partial charge is 0.377 e. The molecule has 1 aliphatic heterocycles. The molecule has 1 atom stereocenters. The fourth-order valence-corrected chi connectivity index (χ4v) is 2.37. The van der Waals surface area contributed by atoms with Crippen molar-refractivity contribution >= 4 is 0 Å². The molecular formula is C12H23NO. The van der Waals surface area contributed by atoms with E-state index in [0.29, 0.717) is 11.5 Å². The van der Waals surface area contributed by atoms with Crippen LogP contribution in [0.15, 0.2) is 0 Å². The number of nitrogens with one attached hydrogen (secondary N) is 1. The fourth-order valence-electron chi connectivity index (χ4n) is 2.37. The molecule has 2 heteroatoms. The van der Waals surface area contributed by atoms with Crippen LogP contribution in [-0.2, 0) is 4.74 Å². The summed E-state index contributed by atoms with van der Waals surface area (Å²) in [5, 5.41) is 3.44. The quantitative estimate of drug-likeness (QED) is 0.749. The van der Waals surface area contributed by atoms with Crippen molar-refractivity contribution in [1.82, 2.24) is 5.32 Å². The van der Waals surface area contributed by atoms with Gasteiger partial charge in [-0.2, -0.15) is 0 Å². The summed E-state index contributed by atoms with van der Waals surface area (Å²) in [6.45, 7) is 7.85. The van der Waals surface area contributed by atoms with Gasteiger partial charge in [0.05, 0.1) is 6.10 Å². The topological polar surface area (TPSA) is 21.3 Å². The molecule has 0 amide bonds. The van der Waals surface area contributed by atoms with E-state index in [4.69, 9.17) is 4.74 Å². The van der Waals surface area contributed by atoms with Gasteiger partial charge in [0.1, 0.15) is 0 Å². The second-order valence-electron chi connectivity index (χ2n) is 5.57. The Morgan fingerprint density at radius 2 is 2.07 bits per heavy atom. The third-order valence-corrected chi connectivity index (χ3v) is 3.79. The molecule has 0 spiro atoms. The summed E-state index contributed by atoms with van der Waals surface area (Å²) in [6.07, 6.45) is 5.87. The van der Waals surface area contributed by atoms with E-state index in [9.17, 15) is 0 Å². The van der Waals surface area contributed by atoms with Gasteiger partial charge in [0, 0.05) is 18.6 Å². The number of ether oxygens (including phenoxy) is 1. The summed E-state index contributed by atoms with van der Waals surface area (Å²) in [7, 11) is 0. The zero-order valence-electron chi connectivity index (χ0n) is 9.51. The van der Waals surface area contributed by atoms with Crippen LogP contribution in [0, 0.1) is 11.3 Å². The first-order valence-electron chi connectivity index (χ1n) is 6.01. The number of rotatable bonds is 3. The molecule has 82 valence electrons. The molecule has 2 nitrogen and oxygen atoms in total. The van der Waals surface area contributed by atoms with Crippen molar-refractivity contribution in [2.45, 2.75) is 45.6 Å². The lowest BCUT2D eigenvalue weighted by Crippen LogP contribution is -2.48. The molecule has 2 aliphatic rings. The van der Waals surface area contributed by atoms with Gasteiger partial charge in [-0.3, -0.25) is 0 Å². The van der Waals surface area contributed by atoms with Gasteiger partial charge in [-0.05, 0) is 31.7 Å². The standard InChI is InChI=1S/C12H23NO/c1-12(2)9-13-7-6-11(12)14-8-10-4-3-5-10/h10-11,13H,3-9H2,1-2H3. The molecule has 2 rings (SSSR count). The van der Waals surface area contributed by atoms with Crippen molar-refractivity contribution in [3.63, 3.8) is 0 Å². The van der Waals surface area contributed by atoms with Crippen LogP contribution in [0.5, 0.6) is 0 Å². The molecule has 0 bridgehead atoms.